The molecule has 1 fully saturated rings. The predicted octanol–water partition coefficient (Wildman–Crippen LogP) is 3.45. The van der Waals surface area contributed by atoms with Crippen molar-refractivity contribution in [3.63, 3.8) is 0 Å². The summed E-state index contributed by atoms with van der Waals surface area (Å²) in [6, 6.07) is 12.6. The Morgan fingerprint density at radius 2 is 2.04 bits per heavy atom. The second kappa shape index (κ2) is 7.64. The van der Waals surface area contributed by atoms with Crippen molar-refractivity contribution in [3.8, 4) is 0 Å². The molecule has 0 spiro atoms. The Morgan fingerprint density at radius 3 is 2.85 bits per heavy atom. The van der Waals surface area contributed by atoms with Gasteiger partial charge in [0.05, 0.1) is 11.7 Å². The lowest BCUT2D eigenvalue weighted by Gasteiger charge is -2.25. The van der Waals surface area contributed by atoms with Crippen molar-refractivity contribution in [2.75, 3.05) is 30.4 Å². The number of amides is 1. The van der Waals surface area contributed by atoms with Crippen LogP contribution in [-0.4, -0.2) is 37.0 Å². The SMILES string of the molecule is CN(Cc1cccc2c1NCC2)C1CCN(c2ccccc2F)C1=O.Cl. The average molecular weight is 376 g/mol. The van der Waals surface area contributed by atoms with Crippen LogP contribution in [0.3, 0.4) is 0 Å². The van der Waals surface area contributed by atoms with Gasteiger partial charge >= 0.3 is 0 Å². The van der Waals surface area contributed by atoms with Crippen molar-refractivity contribution >= 4 is 29.7 Å². The van der Waals surface area contributed by atoms with E-state index >= 15 is 0 Å². The van der Waals surface area contributed by atoms with Gasteiger partial charge in [-0.2, -0.15) is 0 Å². The molecule has 0 aliphatic carbocycles. The zero-order valence-corrected chi connectivity index (χ0v) is 15.6. The van der Waals surface area contributed by atoms with E-state index in [-0.39, 0.29) is 30.2 Å². The molecule has 0 aromatic heterocycles. The van der Waals surface area contributed by atoms with Crippen LogP contribution in [0.1, 0.15) is 17.5 Å². The molecule has 2 aromatic carbocycles. The third kappa shape index (κ3) is 3.29. The molecule has 1 saturated heterocycles. The molecule has 4 nitrogen and oxygen atoms in total. The van der Waals surface area contributed by atoms with E-state index in [0.717, 1.165) is 13.0 Å². The van der Waals surface area contributed by atoms with Crippen molar-refractivity contribution in [3.05, 3.63) is 59.4 Å². The standard InChI is InChI=1S/C20H22FN3O.ClH/c1-23(13-15-6-4-5-14-9-11-22-19(14)15)18-10-12-24(20(18)25)17-8-3-2-7-16(17)21;/h2-8,18,22H,9-13H2,1H3;1H. The molecule has 138 valence electrons. The molecule has 0 radical (unpaired) electrons. The highest BCUT2D eigenvalue weighted by Gasteiger charge is 2.36. The zero-order valence-electron chi connectivity index (χ0n) is 14.7. The maximum atomic E-state index is 14.0. The minimum atomic E-state index is -0.343. The fraction of sp³-hybridized carbons (Fsp3) is 0.350. The monoisotopic (exact) mass is 375 g/mol. The third-order valence-corrected chi connectivity index (χ3v) is 5.21. The number of nitrogens with zero attached hydrogens (tertiary/aromatic N) is 2. The summed E-state index contributed by atoms with van der Waals surface area (Å²) in [6.45, 7) is 2.23. The number of anilines is 2. The number of nitrogens with one attached hydrogen (secondary N) is 1. The summed E-state index contributed by atoms with van der Waals surface area (Å²) in [7, 11) is 1.97. The molecule has 1 amide bonds. The van der Waals surface area contributed by atoms with Crippen LogP contribution >= 0.6 is 12.4 Å². The maximum absolute atomic E-state index is 14.0. The molecular formula is C20H23ClFN3O. The van der Waals surface area contributed by atoms with Crippen LogP contribution in [0.2, 0.25) is 0 Å². The van der Waals surface area contributed by atoms with E-state index in [4.69, 9.17) is 0 Å². The lowest BCUT2D eigenvalue weighted by Crippen LogP contribution is -2.39. The van der Waals surface area contributed by atoms with Gasteiger partial charge in [0, 0.05) is 25.3 Å². The summed E-state index contributed by atoms with van der Waals surface area (Å²) < 4.78 is 14.0. The number of rotatable bonds is 4. The first-order valence-electron chi connectivity index (χ1n) is 8.76. The number of fused-ring (bicyclic) bond motifs is 1. The molecule has 4 rings (SSSR count). The fourth-order valence-electron chi connectivity index (χ4n) is 3.91. The number of likely N-dealkylation sites (N-methyl/N-ethyl adjacent to an activating group) is 1. The summed E-state index contributed by atoms with van der Waals surface area (Å²) >= 11 is 0. The Hall–Kier alpha value is -2.11. The molecule has 1 atom stereocenters. The van der Waals surface area contributed by atoms with Crippen molar-refractivity contribution in [1.29, 1.82) is 0 Å². The molecule has 26 heavy (non-hydrogen) atoms. The highest BCUT2D eigenvalue weighted by atomic mass is 35.5. The smallest absolute Gasteiger partial charge is 0.244 e. The van der Waals surface area contributed by atoms with Crippen LogP contribution in [-0.2, 0) is 17.8 Å². The Bertz CT molecular complexity index is 813. The summed E-state index contributed by atoms with van der Waals surface area (Å²) in [5.74, 6) is -0.364. The molecule has 1 N–H and O–H groups in total. The van der Waals surface area contributed by atoms with Gasteiger partial charge in [0.1, 0.15) is 5.82 Å². The van der Waals surface area contributed by atoms with Gasteiger partial charge in [0.2, 0.25) is 5.91 Å². The van der Waals surface area contributed by atoms with Crippen molar-refractivity contribution in [2.45, 2.75) is 25.4 Å². The lowest BCUT2D eigenvalue weighted by molar-refractivity contribution is -0.121. The van der Waals surface area contributed by atoms with E-state index in [1.165, 1.54) is 22.9 Å². The predicted molar refractivity (Wildman–Crippen MR) is 105 cm³/mol. The van der Waals surface area contributed by atoms with Gasteiger partial charge in [0.15, 0.2) is 0 Å². The molecule has 2 aliphatic heterocycles. The molecule has 6 heteroatoms. The quantitative estimate of drug-likeness (QED) is 0.889. The second-order valence-electron chi connectivity index (χ2n) is 6.79. The van der Waals surface area contributed by atoms with Crippen molar-refractivity contribution in [2.24, 2.45) is 0 Å². The number of benzene rings is 2. The molecule has 1 unspecified atom stereocenters. The summed E-state index contributed by atoms with van der Waals surface area (Å²) in [5.41, 5.74) is 4.16. The van der Waals surface area contributed by atoms with E-state index in [1.807, 2.05) is 7.05 Å². The Morgan fingerprint density at radius 1 is 1.23 bits per heavy atom. The average Bonchev–Trinajstić information content (AvgIpc) is 3.23. The first-order valence-corrected chi connectivity index (χ1v) is 8.76. The maximum Gasteiger partial charge on any atom is 0.244 e. The number of hydrogen-bond donors (Lipinski definition) is 1. The Kier molecular flexibility index (Phi) is 5.49. The van der Waals surface area contributed by atoms with E-state index in [9.17, 15) is 9.18 Å². The first kappa shape index (κ1) is 18.7. The highest BCUT2D eigenvalue weighted by molar-refractivity contribution is 5.99. The summed E-state index contributed by atoms with van der Waals surface area (Å²) in [5, 5.41) is 3.45. The fourth-order valence-corrected chi connectivity index (χ4v) is 3.91. The molecule has 2 aliphatic rings. The molecule has 0 saturated carbocycles. The van der Waals surface area contributed by atoms with E-state index in [0.29, 0.717) is 25.2 Å². The highest BCUT2D eigenvalue weighted by Crippen LogP contribution is 2.30. The number of carbonyl (C=O) groups excluding carboxylic acids is 1. The third-order valence-electron chi connectivity index (χ3n) is 5.21. The van der Waals surface area contributed by atoms with Gasteiger partial charge in [-0.15, -0.1) is 12.4 Å². The van der Waals surface area contributed by atoms with Gasteiger partial charge in [0.25, 0.3) is 0 Å². The van der Waals surface area contributed by atoms with Gasteiger partial charge in [-0.3, -0.25) is 9.69 Å². The number of carbonyl (C=O) groups is 1. The largest absolute Gasteiger partial charge is 0.384 e. The molecule has 2 aromatic rings. The van der Waals surface area contributed by atoms with Crippen LogP contribution in [0.25, 0.3) is 0 Å². The van der Waals surface area contributed by atoms with Gasteiger partial charge < -0.3 is 10.2 Å². The second-order valence-corrected chi connectivity index (χ2v) is 6.79. The van der Waals surface area contributed by atoms with Crippen LogP contribution in [0.5, 0.6) is 0 Å². The van der Waals surface area contributed by atoms with Crippen molar-refractivity contribution < 1.29 is 9.18 Å². The minimum absolute atomic E-state index is 0. The lowest BCUT2D eigenvalue weighted by atomic mass is 10.1. The Labute approximate surface area is 159 Å². The van der Waals surface area contributed by atoms with Crippen LogP contribution in [0, 0.1) is 5.82 Å². The molecular weight excluding hydrogens is 353 g/mol. The molecule has 0 bridgehead atoms. The van der Waals surface area contributed by atoms with Gasteiger partial charge in [-0.25, -0.2) is 4.39 Å². The van der Waals surface area contributed by atoms with E-state index in [1.54, 1.807) is 23.1 Å². The molecule has 2 heterocycles. The summed E-state index contributed by atoms with van der Waals surface area (Å²) in [6.07, 6.45) is 1.77. The zero-order chi connectivity index (χ0) is 17.4. The van der Waals surface area contributed by atoms with Crippen molar-refractivity contribution in [1.82, 2.24) is 4.90 Å². The van der Waals surface area contributed by atoms with E-state index < -0.39 is 0 Å². The van der Waals surface area contributed by atoms with Gasteiger partial charge in [-0.05, 0) is 43.1 Å². The van der Waals surface area contributed by atoms with Crippen LogP contribution < -0.4 is 10.2 Å². The first-order chi connectivity index (χ1) is 12.1. The minimum Gasteiger partial charge on any atom is -0.384 e. The van der Waals surface area contributed by atoms with Crippen LogP contribution in [0.4, 0.5) is 15.8 Å². The van der Waals surface area contributed by atoms with Crippen LogP contribution in [0.15, 0.2) is 42.5 Å². The van der Waals surface area contributed by atoms with Gasteiger partial charge in [-0.1, -0.05) is 30.3 Å². The number of halogens is 2. The van der Waals surface area contributed by atoms with E-state index in [2.05, 4.69) is 28.4 Å². The number of para-hydroxylation sites is 2. The normalized spacial score (nSPS) is 18.7. The number of hydrogen-bond acceptors (Lipinski definition) is 3. The summed E-state index contributed by atoms with van der Waals surface area (Å²) in [4.78, 5) is 16.5. The Balaban J connectivity index is 0.00000196. The topological polar surface area (TPSA) is 35.6 Å².